The summed E-state index contributed by atoms with van der Waals surface area (Å²) in [4.78, 5) is 0. The van der Waals surface area contributed by atoms with Crippen molar-refractivity contribution in [1.82, 2.24) is 0 Å². The first-order valence-electron chi connectivity index (χ1n) is 8.35. The Morgan fingerprint density at radius 2 is 0.739 bits per heavy atom. The SMILES string of the molecule is C[Si](Cc1ccccc1)(Cc1ccccc1)Cc1ccccc1. The van der Waals surface area contributed by atoms with E-state index in [1.807, 2.05) is 0 Å². The molecule has 3 aromatic rings. The van der Waals surface area contributed by atoms with Crippen LogP contribution in [0.5, 0.6) is 0 Å². The van der Waals surface area contributed by atoms with E-state index in [0.29, 0.717) is 0 Å². The Balaban J connectivity index is 1.85. The highest BCUT2D eigenvalue weighted by molar-refractivity contribution is 6.77. The predicted octanol–water partition coefficient (Wildman–Crippen LogP) is 5.41. The van der Waals surface area contributed by atoms with E-state index >= 15 is 0 Å². The molecule has 0 aliphatic heterocycles. The van der Waals surface area contributed by atoms with Crippen LogP contribution in [0.15, 0.2) is 91.0 Å². The van der Waals surface area contributed by atoms with Crippen molar-refractivity contribution in [2.45, 2.75) is 24.7 Å². The molecular formula is C22H24Si. The maximum absolute atomic E-state index is 2.56. The largest absolute Gasteiger partial charge is 0.0684 e. The minimum absolute atomic E-state index is 1.23. The van der Waals surface area contributed by atoms with Gasteiger partial charge in [-0.1, -0.05) is 114 Å². The van der Waals surface area contributed by atoms with Gasteiger partial charge in [-0.15, -0.1) is 0 Å². The summed E-state index contributed by atoms with van der Waals surface area (Å²) in [5.74, 6) is 0. The molecule has 0 nitrogen and oxygen atoms in total. The quantitative estimate of drug-likeness (QED) is 0.533. The van der Waals surface area contributed by atoms with Gasteiger partial charge in [0.05, 0.1) is 8.07 Å². The first kappa shape index (κ1) is 15.8. The van der Waals surface area contributed by atoms with E-state index in [1.165, 1.54) is 34.8 Å². The van der Waals surface area contributed by atoms with Gasteiger partial charge in [0, 0.05) is 0 Å². The highest BCUT2D eigenvalue weighted by Gasteiger charge is 2.28. The fraction of sp³-hybridized carbons (Fsp3) is 0.182. The van der Waals surface area contributed by atoms with E-state index < -0.39 is 8.07 Å². The summed E-state index contributed by atoms with van der Waals surface area (Å²) in [6, 6.07) is 36.7. The molecule has 0 fully saturated rings. The first-order valence-corrected chi connectivity index (χ1v) is 11.5. The van der Waals surface area contributed by atoms with Crippen molar-refractivity contribution >= 4 is 8.07 Å². The first-order chi connectivity index (χ1) is 11.2. The lowest BCUT2D eigenvalue weighted by molar-refractivity contribution is 1.13. The molecule has 1 heteroatoms. The summed E-state index contributed by atoms with van der Waals surface area (Å²) in [5.41, 5.74) is 4.44. The van der Waals surface area contributed by atoms with Crippen LogP contribution in [0, 0.1) is 0 Å². The smallest absolute Gasteiger partial charge is 0.0635 e. The van der Waals surface area contributed by atoms with Gasteiger partial charge in [-0.05, 0) is 18.1 Å². The summed E-state index contributed by atoms with van der Waals surface area (Å²) in [6.45, 7) is 2.56. The zero-order chi connectivity index (χ0) is 16.0. The van der Waals surface area contributed by atoms with E-state index in [2.05, 4.69) is 97.5 Å². The van der Waals surface area contributed by atoms with Gasteiger partial charge in [-0.2, -0.15) is 0 Å². The summed E-state index contributed by atoms with van der Waals surface area (Å²) in [7, 11) is -1.47. The van der Waals surface area contributed by atoms with Crippen LogP contribution in [0.25, 0.3) is 0 Å². The molecule has 0 saturated carbocycles. The second kappa shape index (κ2) is 7.43. The molecule has 0 radical (unpaired) electrons. The highest BCUT2D eigenvalue weighted by atomic mass is 28.3. The Morgan fingerprint density at radius 3 is 1.00 bits per heavy atom. The molecular weight excluding hydrogens is 292 g/mol. The minimum atomic E-state index is -1.47. The number of benzene rings is 3. The average Bonchev–Trinajstić information content (AvgIpc) is 2.57. The van der Waals surface area contributed by atoms with E-state index in [4.69, 9.17) is 0 Å². The fourth-order valence-corrected chi connectivity index (χ4v) is 7.49. The molecule has 0 aliphatic rings. The van der Waals surface area contributed by atoms with Gasteiger partial charge < -0.3 is 0 Å². The number of hydrogen-bond acceptors (Lipinski definition) is 0. The third-order valence-electron chi connectivity index (χ3n) is 4.42. The van der Waals surface area contributed by atoms with Crippen LogP contribution in [0.1, 0.15) is 16.7 Å². The number of rotatable bonds is 6. The van der Waals surface area contributed by atoms with E-state index in [9.17, 15) is 0 Å². The van der Waals surface area contributed by atoms with E-state index in [0.717, 1.165) is 0 Å². The van der Waals surface area contributed by atoms with Crippen LogP contribution in [0.2, 0.25) is 6.55 Å². The van der Waals surface area contributed by atoms with Crippen molar-refractivity contribution in [2.75, 3.05) is 0 Å². The van der Waals surface area contributed by atoms with Crippen LogP contribution in [0.4, 0.5) is 0 Å². The Bertz CT molecular complexity index is 603. The van der Waals surface area contributed by atoms with Crippen LogP contribution >= 0.6 is 0 Å². The van der Waals surface area contributed by atoms with Gasteiger partial charge in [0.15, 0.2) is 0 Å². The van der Waals surface area contributed by atoms with Crippen molar-refractivity contribution in [3.8, 4) is 0 Å². The van der Waals surface area contributed by atoms with Gasteiger partial charge in [-0.25, -0.2) is 0 Å². The molecule has 0 bridgehead atoms. The Labute approximate surface area is 140 Å². The minimum Gasteiger partial charge on any atom is -0.0684 e. The second-order valence-corrected chi connectivity index (χ2v) is 11.5. The fourth-order valence-electron chi connectivity index (χ4n) is 3.45. The molecule has 0 amide bonds. The molecule has 0 aromatic heterocycles. The molecule has 0 aliphatic carbocycles. The molecule has 0 saturated heterocycles. The highest BCUT2D eigenvalue weighted by Crippen LogP contribution is 2.22. The number of hydrogen-bond donors (Lipinski definition) is 0. The molecule has 116 valence electrons. The monoisotopic (exact) mass is 316 g/mol. The standard InChI is InChI=1S/C22H24Si/c1-23(17-20-11-5-2-6-12-20,18-21-13-7-3-8-14-21)19-22-15-9-4-10-16-22/h2-16H,17-19H2,1H3. The Morgan fingerprint density at radius 1 is 0.478 bits per heavy atom. The lowest BCUT2D eigenvalue weighted by Gasteiger charge is -2.28. The molecule has 0 atom stereocenters. The molecule has 23 heavy (non-hydrogen) atoms. The summed E-state index contributed by atoms with van der Waals surface area (Å²) >= 11 is 0. The lowest BCUT2D eigenvalue weighted by atomic mass is 10.2. The van der Waals surface area contributed by atoms with Gasteiger partial charge >= 0.3 is 0 Å². The van der Waals surface area contributed by atoms with Gasteiger partial charge in [0.25, 0.3) is 0 Å². The van der Waals surface area contributed by atoms with Crippen molar-refractivity contribution in [3.05, 3.63) is 108 Å². The topological polar surface area (TPSA) is 0 Å². The van der Waals surface area contributed by atoms with Gasteiger partial charge in [-0.3, -0.25) is 0 Å². The van der Waals surface area contributed by atoms with E-state index in [1.54, 1.807) is 0 Å². The van der Waals surface area contributed by atoms with Crippen LogP contribution in [0.3, 0.4) is 0 Å². The van der Waals surface area contributed by atoms with Crippen molar-refractivity contribution in [3.63, 3.8) is 0 Å². The molecule has 0 unspecified atom stereocenters. The normalized spacial score (nSPS) is 11.3. The maximum atomic E-state index is 2.56. The maximum Gasteiger partial charge on any atom is 0.0635 e. The lowest BCUT2D eigenvalue weighted by Crippen LogP contribution is -2.40. The zero-order valence-corrected chi connectivity index (χ0v) is 14.8. The third-order valence-corrected chi connectivity index (χ3v) is 8.21. The van der Waals surface area contributed by atoms with Crippen molar-refractivity contribution in [1.29, 1.82) is 0 Å². The van der Waals surface area contributed by atoms with Crippen molar-refractivity contribution in [2.24, 2.45) is 0 Å². The Hall–Kier alpha value is -2.12. The second-order valence-electron chi connectivity index (χ2n) is 6.80. The van der Waals surface area contributed by atoms with Crippen LogP contribution in [-0.4, -0.2) is 8.07 Å². The third kappa shape index (κ3) is 4.67. The zero-order valence-electron chi connectivity index (χ0n) is 13.8. The van der Waals surface area contributed by atoms with Gasteiger partial charge in [0.1, 0.15) is 0 Å². The Kier molecular flexibility index (Phi) is 5.09. The van der Waals surface area contributed by atoms with Crippen LogP contribution in [-0.2, 0) is 18.1 Å². The molecule has 3 rings (SSSR count). The summed E-state index contributed by atoms with van der Waals surface area (Å²) < 4.78 is 0. The van der Waals surface area contributed by atoms with Crippen molar-refractivity contribution < 1.29 is 0 Å². The van der Waals surface area contributed by atoms with Crippen LogP contribution < -0.4 is 0 Å². The van der Waals surface area contributed by atoms with Gasteiger partial charge in [0.2, 0.25) is 0 Å². The molecule has 0 heterocycles. The molecule has 0 N–H and O–H groups in total. The molecule has 3 aromatic carbocycles. The summed E-state index contributed by atoms with van der Waals surface area (Å²) in [6.07, 6.45) is 0. The molecule has 0 spiro atoms. The average molecular weight is 317 g/mol. The summed E-state index contributed by atoms with van der Waals surface area (Å²) in [5, 5.41) is 0. The van der Waals surface area contributed by atoms with E-state index in [-0.39, 0.29) is 0 Å². The predicted molar refractivity (Wildman–Crippen MR) is 102 cm³/mol.